The van der Waals surface area contributed by atoms with Crippen molar-refractivity contribution in [1.82, 2.24) is 14.5 Å². The fourth-order valence-corrected chi connectivity index (χ4v) is 1.65. The van der Waals surface area contributed by atoms with Crippen LogP contribution in [0.4, 0.5) is 0 Å². The molecule has 0 aliphatic carbocycles. The van der Waals surface area contributed by atoms with Crippen LogP contribution in [0.15, 0.2) is 12.3 Å². The lowest BCUT2D eigenvalue weighted by molar-refractivity contribution is -0.123. The lowest BCUT2D eigenvalue weighted by atomic mass is 10.2. The first kappa shape index (κ1) is 13.5. The number of hydrogen-bond acceptors (Lipinski definition) is 2. The first-order chi connectivity index (χ1) is 7.97. The van der Waals surface area contributed by atoms with Gasteiger partial charge in [-0.25, -0.2) is 4.98 Å². The van der Waals surface area contributed by atoms with Gasteiger partial charge in [-0.3, -0.25) is 4.79 Å². The molecule has 0 unspecified atom stereocenters. The van der Waals surface area contributed by atoms with Crippen molar-refractivity contribution in [3.05, 3.63) is 23.8 Å². The van der Waals surface area contributed by atoms with Gasteiger partial charge in [-0.1, -0.05) is 13.8 Å². The number of carbonyl (C=O) groups excluding carboxylic acids is 1. The zero-order chi connectivity index (χ0) is 13.0. The standard InChI is InChI=1S/C13H21N3O/c1-6-16-11(7-8-12(17)15(4)5)9-14-13(16)10(2)3/h7-10H,6H2,1-5H3. The predicted octanol–water partition coefficient (Wildman–Crippen LogP) is 2.13. The van der Waals surface area contributed by atoms with Crippen LogP contribution in [0, 0.1) is 0 Å². The van der Waals surface area contributed by atoms with Gasteiger partial charge in [-0.15, -0.1) is 0 Å². The van der Waals surface area contributed by atoms with Crippen molar-refractivity contribution in [3.63, 3.8) is 0 Å². The van der Waals surface area contributed by atoms with E-state index in [0.717, 1.165) is 18.1 Å². The third-order valence-corrected chi connectivity index (χ3v) is 2.59. The second-order valence-corrected chi connectivity index (χ2v) is 4.51. The number of amides is 1. The van der Waals surface area contributed by atoms with Crippen molar-refractivity contribution in [3.8, 4) is 0 Å². The highest BCUT2D eigenvalue weighted by Crippen LogP contribution is 2.16. The average Bonchev–Trinajstić information content (AvgIpc) is 2.68. The maximum absolute atomic E-state index is 11.5. The zero-order valence-corrected chi connectivity index (χ0v) is 11.3. The van der Waals surface area contributed by atoms with E-state index in [-0.39, 0.29) is 5.91 Å². The topological polar surface area (TPSA) is 38.1 Å². The summed E-state index contributed by atoms with van der Waals surface area (Å²) in [5, 5.41) is 0. The molecule has 1 amide bonds. The van der Waals surface area contributed by atoms with E-state index >= 15 is 0 Å². The van der Waals surface area contributed by atoms with Gasteiger partial charge in [0.2, 0.25) is 5.91 Å². The van der Waals surface area contributed by atoms with Gasteiger partial charge in [0, 0.05) is 32.6 Å². The van der Waals surface area contributed by atoms with E-state index in [1.165, 1.54) is 0 Å². The molecule has 0 aliphatic heterocycles. The molecule has 0 spiro atoms. The second kappa shape index (κ2) is 5.66. The van der Waals surface area contributed by atoms with Crippen LogP contribution in [0.1, 0.15) is 38.2 Å². The Kier molecular flexibility index (Phi) is 4.49. The number of hydrogen-bond donors (Lipinski definition) is 0. The molecular weight excluding hydrogens is 214 g/mol. The van der Waals surface area contributed by atoms with Crippen molar-refractivity contribution in [1.29, 1.82) is 0 Å². The minimum atomic E-state index is -0.0139. The molecule has 0 atom stereocenters. The Morgan fingerprint density at radius 1 is 1.53 bits per heavy atom. The van der Waals surface area contributed by atoms with Crippen LogP contribution in [0.25, 0.3) is 6.08 Å². The van der Waals surface area contributed by atoms with Crippen LogP contribution >= 0.6 is 0 Å². The minimum Gasteiger partial charge on any atom is -0.345 e. The van der Waals surface area contributed by atoms with E-state index < -0.39 is 0 Å². The van der Waals surface area contributed by atoms with Crippen LogP contribution in [0.2, 0.25) is 0 Å². The maximum atomic E-state index is 11.5. The third kappa shape index (κ3) is 3.19. The average molecular weight is 235 g/mol. The Hall–Kier alpha value is -1.58. The van der Waals surface area contributed by atoms with Gasteiger partial charge in [0.15, 0.2) is 0 Å². The van der Waals surface area contributed by atoms with Crippen molar-refractivity contribution in [2.24, 2.45) is 0 Å². The maximum Gasteiger partial charge on any atom is 0.246 e. The minimum absolute atomic E-state index is 0.0139. The van der Waals surface area contributed by atoms with E-state index in [1.807, 2.05) is 12.3 Å². The van der Waals surface area contributed by atoms with E-state index in [1.54, 1.807) is 25.1 Å². The van der Waals surface area contributed by atoms with Gasteiger partial charge >= 0.3 is 0 Å². The number of aromatic nitrogens is 2. The summed E-state index contributed by atoms with van der Waals surface area (Å²) in [7, 11) is 3.48. The molecule has 0 saturated heterocycles. The molecule has 1 heterocycles. The van der Waals surface area contributed by atoms with Crippen molar-refractivity contribution in [2.45, 2.75) is 33.2 Å². The summed E-state index contributed by atoms with van der Waals surface area (Å²) in [5.74, 6) is 1.44. The molecule has 1 aromatic rings. The summed E-state index contributed by atoms with van der Waals surface area (Å²) in [6.07, 6.45) is 5.22. The second-order valence-electron chi connectivity index (χ2n) is 4.51. The summed E-state index contributed by atoms with van der Waals surface area (Å²) < 4.78 is 2.13. The molecular formula is C13H21N3O. The Bertz CT molecular complexity index is 416. The van der Waals surface area contributed by atoms with Crippen molar-refractivity contribution >= 4 is 12.0 Å². The van der Waals surface area contributed by atoms with Gasteiger partial charge in [0.1, 0.15) is 5.82 Å². The number of imidazole rings is 1. The Morgan fingerprint density at radius 2 is 2.18 bits per heavy atom. The summed E-state index contributed by atoms with van der Waals surface area (Å²) in [5.41, 5.74) is 0.978. The molecule has 0 aliphatic rings. The van der Waals surface area contributed by atoms with Gasteiger partial charge in [0.25, 0.3) is 0 Å². The molecule has 4 heteroatoms. The van der Waals surface area contributed by atoms with Crippen molar-refractivity contribution < 1.29 is 4.79 Å². The quantitative estimate of drug-likeness (QED) is 0.750. The molecule has 0 radical (unpaired) electrons. The largest absolute Gasteiger partial charge is 0.345 e. The van der Waals surface area contributed by atoms with Gasteiger partial charge in [-0.2, -0.15) is 0 Å². The van der Waals surface area contributed by atoms with E-state index in [0.29, 0.717) is 5.92 Å². The van der Waals surface area contributed by atoms with Crippen LogP contribution in [0.5, 0.6) is 0 Å². The lowest BCUT2D eigenvalue weighted by Gasteiger charge is -2.10. The number of likely N-dealkylation sites (N-methyl/N-ethyl adjacent to an activating group) is 1. The van der Waals surface area contributed by atoms with Crippen LogP contribution < -0.4 is 0 Å². The van der Waals surface area contributed by atoms with Crippen LogP contribution in [0.3, 0.4) is 0 Å². The summed E-state index contributed by atoms with van der Waals surface area (Å²) in [6.45, 7) is 7.18. The van der Waals surface area contributed by atoms with Gasteiger partial charge in [0.05, 0.1) is 11.9 Å². The fraction of sp³-hybridized carbons (Fsp3) is 0.538. The monoisotopic (exact) mass is 235 g/mol. The summed E-state index contributed by atoms with van der Waals surface area (Å²) in [4.78, 5) is 17.4. The van der Waals surface area contributed by atoms with Crippen molar-refractivity contribution in [2.75, 3.05) is 14.1 Å². The highest BCUT2D eigenvalue weighted by molar-refractivity contribution is 5.91. The van der Waals surface area contributed by atoms with Crippen LogP contribution in [-0.4, -0.2) is 34.5 Å². The predicted molar refractivity (Wildman–Crippen MR) is 69.7 cm³/mol. The first-order valence-electron chi connectivity index (χ1n) is 5.92. The van der Waals surface area contributed by atoms with E-state index in [2.05, 4.69) is 30.3 Å². The smallest absolute Gasteiger partial charge is 0.246 e. The molecule has 94 valence electrons. The molecule has 0 fully saturated rings. The molecule has 1 rings (SSSR count). The first-order valence-corrected chi connectivity index (χ1v) is 5.92. The normalized spacial score (nSPS) is 11.4. The molecule has 0 saturated carbocycles. The number of carbonyl (C=O) groups is 1. The highest BCUT2D eigenvalue weighted by atomic mass is 16.2. The Labute approximate surface area is 103 Å². The highest BCUT2D eigenvalue weighted by Gasteiger charge is 2.10. The third-order valence-electron chi connectivity index (χ3n) is 2.59. The molecule has 0 aromatic carbocycles. The molecule has 0 bridgehead atoms. The SMILES string of the molecule is CCn1c(C=CC(=O)N(C)C)cnc1C(C)C. The van der Waals surface area contributed by atoms with E-state index in [4.69, 9.17) is 0 Å². The molecule has 17 heavy (non-hydrogen) atoms. The molecule has 0 N–H and O–H groups in total. The van der Waals surface area contributed by atoms with E-state index in [9.17, 15) is 4.79 Å². The summed E-state index contributed by atoms with van der Waals surface area (Å²) >= 11 is 0. The van der Waals surface area contributed by atoms with Crippen LogP contribution in [-0.2, 0) is 11.3 Å². The molecule has 1 aromatic heterocycles. The lowest BCUT2D eigenvalue weighted by Crippen LogP contribution is -2.18. The Balaban J connectivity index is 2.96. The zero-order valence-electron chi connectivity index (χ0n) is 11.3. The fourth-order valence-electron chi connectivity index (χ4n) is 1.65. The van der Waals surface area contributed by atoms with Gasteiger partial charge in [-0.05, 0) is 13.0 Å². The molecule has 4 nitrogen and oxygen atoms in total. The summed E-state index contributed by atoms with van der Waals surface area (Å²) in [6, 6.07) is 0. The number of rotatable bonds is 4. The Morgan fingerprint density at radius 3 is 2.65 bits per heavy atom. The van der Waals surface area contributed by atoms with Gasteiger partial charge < -0.3 is 9.47 Å². The number of nitrogens with zero attached hydrogens (tertiary/aromatic N) is 3.